The van der Waals surface area contributed by atoms with Gasteiger partial charge in [-0.25, -0.2) is 0 Å². The number of para-hydroxylation sites is 1. The van der Waals surface area contributed by atoms with E-state index in [0.29, 0.717) is 5.76 Å². The molecule has 0 bridgehead atoms. The Morgan fingerprint density at radius 2 is 1.48 bits per heavy atom. The monoisotopic (exact) mass is 274 g/mol. The van der Waals surface area contributed by atoms with E-state index in [0.717, 1.165) is 27.3 Å². The Morgan fingerprint density at radius 3 is 2.33 bits per heavy atom. The molecule has 0 amide bonds. The minimum absolute atomic E-state index is 0.576. The number of furan rings is 1. The number of hydrogen-bond acceptors (Lipinski definition) is 2. The third-order valence-electron chi connectivity index (χ3n) is 3.83. The van der Waals surface area contributed by atoms with Crippen molar-refractivity contribution in [1.29, 1.82) is 0 Å². The van der Waals surface area contributed by atoms with Crippen LogP contribution >= 0.6 is 0 Å². The molecule has 102 valence electrons. The number of rotatable bonds is 2. The molecular formula is C19H14O2. The Bertz CT molecular complexity index is 883. The maximum absolute atomic E-state index is 10.7. The summed E-state index contributed by atoms with van der Waals surface area (Å²) < 4.78 is 5.78. The molecule has 0 aliphatic carbocycles. The van der Waals surface area contributed by atoms with Crippen LogP contribution in [0.5, 0.6) is 0 Å². The van der Waals surface area contributed by atoms with E-state index in [1.54, 1.807) is 0 Å². The fraction of sp³-hybridized carbons (Fsp3) is 0.0526. The lowest BCUT2D eigenvalue weighted by Crippen LogP contribution is -1.98. The lowest BCUT2D eigenvalue weighted by molar-refractivity contribution is 0.194. The molecule has 3 aromatic carbocycles. The Kier molecular flexibility index (Phi) is 2.76. The second-order valence-electron chi connectivity index (χ2n) is 5.16. The Balaban J connectivity index is 1.87. The normalized spacial score (nSPS) is 12.8. The van der Waals surface area contributed by atoms with Gasteiger partial charge >= 0.3 is 0 Å². The van der Waals surface area contributed by atoms with Gasteiger partial charge in [-0.1, -0.05) is 60.7 Å². The highest BCUT2D eigenvalue weighted by Crippen LogP contribution is 2.32. The van der Waals surface area contributed by atoms with Crippen LogP contribution in [-0.2, 0) is 0 Å². The van der Waals surface area contributed by atoms with Crippen LogP contribution < -0.4 is 0 Å². The first-order valence-corrected chi connectivity index (χ1v) is 6.97. The van der Waals surface area contributed by atoms with Gasteiger partial charge in [-0.15, -0.1) is 0 Å². The number of hydrogen-bond donors (Lipinski definition) is 1. The highest BCUT2D eigenvalue weighted by Gasteiger charge is 2.17. The van der Waals surface area contributed by atoms with Crippen molar-refractivity contribution in [3.63, 3.8) is 0 Å². The van der Waals surface area contributed by atoms with Crippen molar-refractivity contribution in [2.45, 2.75) is 6.10 Å². The van der Waals surface area contributed by atoms with Crippen LogP contribution in [-0.4, -0.2) is 5.11 Å². The van der Waals surface area contributed by atoms with Crippen molar-refractivity contribution in [3.05, 3.63) is 84.1 Å². The number of aliphatic hydroxyl groups excluding tert-OH is 1. The van der Waals surface area contributed by atoms with Gasteiger partial charge in [0, 0.05) is 5.39 Å². The SMILES string of the molecule is OC(c1cc2ccccc2o1)c1cccc2ccccc12. The number of fused-ring (bicyclic) bond motifs is 2. The van der Waals surface area contributed by atoms with Crippen LogP contribution in [0.3, 0.4) is 0 Å². The zero-order valence-corrected chi connectivity index (χ0v) is 11.4. The molecular weight excluding hydrogens is 260 g/mol. The maximum atomic E-state index is 10.7. The van der Waals surface area contributed by atoms with Gasteiger partial charge in [0.05, 0.1) is 0 Å². The van der Waals surface area contributed by atoms with Gasteiger partial charge in [-0.3, -0.25) is 0 Å². The molecule has 1 N–H and O–H groups in total. The quantitative estimate of drug-likeness (QED) is 0.576. The third kappa shape index (κ3) is 2.01. The van der Waals surface area contributed by atoms with Crippen molar-refractivity contribution < 1.29 is 9.52 Å². The van der Waals surface area contributed by atoms with Crippen molar-refractivity contribution in [2.24, 2.45) is 0 Å². The summed E-state index contributed by atoms with van der Waals surface area (Å²) in [6.07, 6.45) is -0.761. The standard InChI is InChI=1S/C19H14O2/c20-19(18-12-14-7-2-4-11-17(14)21-18)16-10-5-8-13-6-1-3-9-15(13)16/h1-12,19-20H. The maximum Gasteiger partial charge on any atom is 0.138 e. The summed E-state index contributed by atoms with van der Waals surface area (Å²) in [5.74, 6) is 0.576. The van der Waals surface area contributed by atoms with Gasteiger partial charge in [-0.05, 0) is 28.5 Å². The van der Waals surface area contributed by atoms with Crippen LogP contribution in [0, 0.1) is 0 Å². The fourth-order valence-electron chi connectivity index (χ4n) is 2.78. The van der Waals surface area contributed by atoms with Gasteiger partial charge in [0.15, 0.2) is 0 Å². The molecule has 0 saturated carbocycles. The smallest absolute Gasteiger partial charge is 0.138 e. The predicted molar refractivity (Wildman–Crippen MR) is 84.2 cm³/mol. The van der Waals surface area contributed by atoms with E-state index in [4.69, 9.17) is 4.42 Å². The van der Waals surface area contributed by atoms with Gasteiger partial charge in [-0.2, -0.15) is 0 Å². The average Bonchev–Trinajstić information content (AvgIpc) is 2.97. The van der Waals surface area contributed by atoms with Crippen LogP contribution in [0.2, 0.25) is 0 Å². The zero-order valence-electron chi connectivity index (χ0n) is 11.4. The van der Waals surface area contributed by atoms with E-state index >= 15 is 0 Å². The van der Waals surface area contributed by atoms with E-state index in [9.17, 15) is 5.11 Å². The van der Waals surface area contributed by atoms with Gasteiger partial charge < -0.3 is 9.52 Å². The van der Waals surface area contributed by atoms with Gasteiger partial charge in [0.25, 0.3) is 0 Å². The summed E-state index contributed by atoms with van der Waals surface area (Å²) in [7, 11) is 0. The van der Waals surface area contributed by atoms with E-state index < -0.39 is 6.10 Å². The highest BCUT2D eigenvalue weighted by molar-refractivity contribution is 5.86. The van der Waals surface area contributed by atoms with Crippen LogP contribution in [0.4, 0.5) is 0 Å². The molecule has 0 fully saturated rings. The molecule has 0 spiro atoms. The second-order valence-corrected chi connectivity index (χ2v) is 5.16. The Labute approximate surface area is 122 Å². The van der Waals surface area contributed by atoms with Crippen molar-refractivity contribution >= 4 is 21.7 Å². The molecule has 4 aromatic rings. The molecule has 1 aromatic heterocycles. The number of aliphatic hydroxyl groups is 1. The fourth-order valence-corrected chi connectivity index (χ4v) is 2.78. The molecule has 0 saturated heterocycles. The molecule has 0 aliphatic rings. The molecule has 21 heavy (non-hydrogen) atoms. The molecule has 1 heterocycles. The van der Waals surface area contributed by atoms with Crippen molar-refractivity contribution in [3.8, 4) is 0 Å². The summed E-state index contributed by atoms with van der Waals surface area (Å²) in [5, 5.41) is 13.9. The summed E-state index contributed by atoms with van der Waals surface area (Å²) >= 11 is 0. The third-order valence-corrected chi connectivity index (χ3v) is 3.83. The van der Waals surface area contributed by atoms with E-state index in [1.165, 1.54) is 0 Å². The Hall–Kier alpha value is -2.58. The van der Waals surface area contributed by atoms with Gasteiger partial charge in [0.1, 0.15) is 17.4 Å². The first kappa shape index (κ1) is 12.2. The second kappa shape index (κ2) is 4.76. The molecule has 2 heteroatoms. The molecule has 4 rings (SSSR count). The summed E-state index contributed by atoms with van der Waals surface area (Å²) in [6, 6.07) is 23.7. The zero-order chi connectivity index (χ0) is 14.2. The summed E-state index contributed by atoms with van der Waals surface area (Å²) in [4.78, 5) is 0. The average molecular weight is 274 g/mol. The topological polar surface area (TPSA) is 33.4 Å². The first-order chi connectivity index (χ1) is 10.3. The van der Waals surface area contributed by atoms with Crippen LogP contribution in [0.15, 0.2) is 77.2 Å². The number of benzene rings is 3. The minimum atomic E-state index is -0.761. The Morgan fingerprint density at radius 1 is 0.762 bits per heavy atom. The van der Waals surface area contributed by atoms with Gasteiger partial charge in [0.2, 0.25) is 0 Å². The molecule has 2 nitrogen and oxygen atoms in total. The van der Waals surface area contributed by atoms with Crippen molar-refractivity contribution in [1.82, 2.24) is 0 Å². The summed E-state index contributed by atoms with van der Waals surface area (Å²) in [5.41, 5.74) is 1.67. The molecule has 0 radical (unpaired) electrons. The minimum Gasteiger partial charge on any atom is -0.458 e. The summed E-state index contributed by atoms with van der Waals surface area (Å²) in [6.45, 7) is 0. The van der Waals surface area contributed by atoms with E-state index in [2.05, 4.69) is 0 Å². The first-order valence-electron chi connectivity index (χ1n) is 6.97. The predicted octanol–water partition coefficient (Wildman–Crippen LogP) is 4.67. The molecule has 1 atom stereocenters. The lowest BCUT2D eigenvalue weighted by atomic mass is 9.99. The van der Waals surface area contributed by atoms with Crippen molar-refractivity contribution in [2.75, 3.05) is 0 Å². The molecule has 1 unspecified atom stereocenters. The van der Waals surface area contributed by atoms with E-state index in [-0.39, 0.29) is 0 Å². The highest BCUT2D eigenvalue weighted by atomic mass is 16.4. The lowest BCUT2D eigenvalue weighted by Gasteiger charge is -2.11. The van der Waals surface area contributed by atoms with E-state index in [1.807, 2.05) is 72.8 Å². The van der Waals surface area contributed by atoms with Crippen LogP contribution in [0.1, 0.15) is 17.4 Å². The van der Waals surface area contributed by atoms with Crippen LogP contribution in [0.25, 0.3) is 21.7 Å². The largest absolute Gasteiger partial charge is 0.458 e. The molecule has 0 aliphatic heterocycles.